The molecular weight excluding hydrogens is 480 g/mol. The molecule has 11 heteroatoms. The summed E-state index contributed by atoms with van der Waals surface area (Å²) in [6.45, 7) is 5.09. The second-order valence-electron chi connectivity index (χ2n) is 7.27. The number of sulfonamides is 1. The number of hydrogen-bond donors (Lipinski definition) is 1. The van der Waals surface area contributed by atoms with Gasteiger partial charge >= 0.3 is 0 Å². The lowest BCUT2D eigenvalue weighted by atomic mass is 10.2. The van der Waals surface area contributed by atoms with Gasteiger partial charge in [-0.2, -0.15) is 0 Å². The third-order valence-corrected chi connectivity index (χ3v) is 7.46. The zero-order valence-electron chi connectivity index (χ0n) is 17.4. The summed E-state index contributed by atoms with van der Waals surface area (Å²) in [5.41, 5.74) is -0.316. The molecule has 32 heavy (non-hydrogen) atoms. The number of morpholine rings is 1. The molecule has 1 aliphatic heterocycles. The number of nitrogens with zero attached hydrogens (tertiary/aromatic N) is 2. The van der Waals surface area contributed by atoms with E-state index < -0.39 is 27.8 Å². The summed E-state index contributed by atoms with van der Waals surface area (Å²) in [4.78, 5) is 14.9. The molecular formula is C21H24Cl2FN3O4S. The van der Waals surface area contributed by atoms with Gasteiger partial charge in [0, 0.05) is 36.2 Å². The van der Waals surface area contributed by atoms with Crippen LogP contribution in [0.2, 0.25) is 10.0 Å². The van der Waals surface area contributed by atoms with Gasteiger partial charge in [-0.05, 0) is 49.4 Å². The number of carbonyl (C=O) groups is 1. The Morgan fingerprint density at radius 3 is 2.44 bits per heavy atom. The van der Waals surface area contributed by atoms with Crippen molar-refractivity contribution in [3.05, 3.63) is 58.3 Å². The molecule has 0 bridgehead atoms. The summed E-state index contributed by atoms with van der Waals surface area (Å²) in [5.74, 6) is -1.38. The number of halogens is 3. The van der Waals surface area contributed by atoms with E-state index in [2.05, 4.69) is 10.2 Å². The van der Waals surface area contributed by atoms with Gasteiger partial charge in [0.2, 0.25) is 5.91 Å². The molecule has 1 aliphatic rings. The van der Waals surface area contributed by atoms with Gasteiger partial charge in [-0.3, -0.25) is 14.0 Å². The molecule has 0 saturated carbocycles. The van der Waals surface area contributed by atoms with Crippen LogP contribution in [-0.4, -0.2) is 64.7 Å². The van der Waals surface area contributed by atoms with Crippen molar-refractivity contribution in [3.63, 3.8) is 0 Å². The quantitative estimate of drug-likeness (QED) is 0.598. The van der Waals surface area contributed by atoms with Crippen LogP contribution in [0, 0.1) is 5.82 Å². The number of amides is 1. The van der Waals surface area contributed by atoms with E-state index in [1.807, 2.05) is 0 Å². The summed E-state index contributed by atoms with van der Waals surface area (Å²) in [5, 5.41) is 3.23. The molecule has 0 unspecified atom stereocenters. The van der Waals surface area contributed by atoms with Crippen molar-refractivity contribution in [3.8, 4) is 0 Å². The lowest BCUT2D eigenvalue weighted by Crippen LogP contribution is -2.50. The van der Waals surface area contributed by atoms with Gasteiger partial charge in [0.1, 0.15) is 11.9 Å². The van der Waals surface area contributed by atoms with Crippen LogP contribution >= 0.6 is 23.2 Å². The molecule has 1 N–H and O–H groups in total. The Bertz CT molecular complexity index is 1050. The predicted octanol–water partition coefficient (Wildman–Crippen LogP) is 3.16. The molecule has 7 nitrogen and oxygen atoms in total. The highest BCUT2D eigenvalue weighted by molar-refractivity contribution is 7.93. The Morgan fingerprint density at radius 1 is 1.16 bits per heavy atom. The highest BCUT2D eigenvalue weighted by atomic mass is 35.5. The van der Waals surface area contributed by atoms with Crippen LogP contribution in [0.3, 0.4) is 0 Å². The smallest absolute Gasteiger partial charge is 0.265 e. The number of rotatable bonds is 8. The van der Waals surface area contributed by atoms with Gasteiger partial charge in [0.25, 0.3) is 10.0 Å². The van der Waals surface area contributed by atoms with Gasteiger partial charge in [0.15, 0.2) is 0 Å². The SMILES string of the molecule is C[C@H](C(=O)NCCN1CCOCC1)N(c1cc(Cl)ccc1F)S(=O)(=O)c1ccc(Cl)cc1. The second-order valence-corrected chi connectivity index (χ2v) is 9.96. The normalized spacial score (nSPS) is 15.9. The van der Waals surface area contributed by atoms with E-state index in [1.54, 1.807) is 0 Å². The van der Waals surface area contributed by atoms with E-state index in [9.17, 15) is 17.6 Å². The first-order valence-corrected chi connectivity index (χ1v) is 12.2. The van der Waals surface area contributed by atoms with E-state index in [0.29, 0.717) is 31.3 Å². The standard InChI is InChI=1S/C21H24Cl2FN3O4S/c1-15(21(28)25-8-9-26-10-12-31-13-11-26)27(20-14-17(23)4-7-19(20)24)32(29,30)18-5-2-16(22)3-6-18/h2-7,14-15H,8-13H2,1H3,(H,25,28)/t15-/m1/s1. The molecule has 0 aliphatic carbocycles. The van der Waals surface area contributed by atoms with E-state index in [1.165, 1.54) is 43.3 Å². The summed E-state index contributed by atoms with van der Waals surface area (Å²) in [7, 11) is -4.31. The van der Waals surface area contributed by atoms with Crippen molar-refractivity contribution in [1.29, 1.82) is 0 Å². The maximum Gasteiger partial charge on any atom is 0.265 e. The first-order chi connectivity index (χ1) is 15.2. The summed E-state index contributed by atoms with van der Waals surface area (Å²) in [6, 6.07) is 7.73. The number of benzene rings is 2. The second kappa shape index (κ2) is 10.8. The Kier molecular flexibility index (Phi) is 8.35. The molecule has 0 radical (unpaired) electrons. The minimum absolute atomic E-state index is 0.130. The van der Waals surface area contributed by atoms with Crippen molar-refractivity contribution in [2.75, 3.05) is 43.7 Å². The number of ether oxygens (including phenoxy) is 1. The van der Waals surface area contributed by atoms with Crippen molar-refractivity contribution in [2.45, 2.75) is 17.9 Å². The molecule has 3 rings (SSSR count). The Balaban J connectivity index is 1.87. The van der Waals surface area contributed by atoms with Crippen molar-refractivity contribution in [2.24, 2.45) is 0 Å². The maximum absolute atomic E-state index is 14.7. The van der Waals surface area contributed by atoms with Crippen LogP contribution < -0.4 is 9.62 Å². The Morgan fingerprint density at radius 2 is 1.78 bits per heavy atom. The van der Waals surface area contributed by atoms with Crippen molar-refractivity contribution < 1.29 is 22.3 Å². The molecule has 1 amide bonds. The number of nitrogens with one attached hydrogen (secondary N) is 1. The molecule has 0 spiro atoms. The molecule has 1 saturated heterocycles. The zero-order valence-corrected chi connectivity index (χ0v) is 19.8. The highest BCUT2D eigenvalue weighted by Gasteiger charge is 2.35. The van der Waals surface area contributed by atoms with E-state index in [4.69, 9.17) is 27.9 Å². The fraction of sp³-hybridized carbons (Fsp3) is 0.381. The number of hydrogen-bond acceptors (Lipinski definition) is 5. The maximum atomic E-state index is 14.7. The Hall–Kier alpha value is -1.91. The van der Waals surface area contributed by atoms with Gasteiger partial charge in [0.05, 0.1) is 23.8 Å². The first kappa shape index (κ1) is 24.7. The molecule has 1 atom stereocenters. The van der Waals surface area contributed by atoms with Gasteiger partial charge in [-0.25, -0.2) is 12.8 Å². The number of carbonyl (C=O) groups excluding carboxylic acids is 1. The molecule has 174 valence electrons. The lowest BCUT2D eigenvalue weighted by Gasteiger charge is -2.31. The largest absolute Gasteiger partial charge is 0.379 e. The van der Waals surface area contributed by atoms with Gasteiger partial charge < -0.3 is 10.1 Å². The minimum Gasteiger partial charge on any atom is -0.379 e. The first-order valence-electron chi connectivity index (χ1n) is 10.0. The van der Waals surface area contributed by atoms with E-state index in [0.717, 1.165) is 23.5 Å². The highest BCUT2D eigenvalue weighted by Crippen LogP contribution is 2.31. The minimum atomic E-state index is -4.31. The lowest BCUT2D eigenvalue weighted by molar-refractivity contribution is -0.121. The van der Waals surface area contributed by atoms with Crippen LogP contribution in [0.4, 0.5) is 10.1 Å². The third kappa shape index (κ3) is 5.90. The summed E-state index contributed by atoms with van der Waals surface area (Å²) >= 11 is 11.9. The summed E-state index contributed by atoms with van der Waals surface area (Å²) in [6.07, 6.45) is 0. The van der Waals surface area contributed by atoms with Crippen LogP contribution in [0.25, 0.3) is 0 Å². The molecule has 2 aromatic rings. The number of anilines is 1. The topological polar surface area (TPSA) is 79.0 Å². The van der Waals surface area contributed by atoms with E-state index in [-0.39, 0.29) is 15.6 Å². The van der Waals surface area contributed by atoms with Crippen LogP contribution in [-0.2, 0) is 19.6 Å². The Labute approximate surface area is 197 Å². The summed E-state index contributed by atoms with van der Waals surface area (Å²) < 4.78 is 47.7. The average molecular weight is 504 g/mol. The van der Waals surface area contributed by atoms with Crippen LogP contribution in [0.15, 0.2) is 47.4 Å². The van der Waals surface area contributed by atoms with Gasteiger partial charge in [-0.15, -0.1) is 0 Å². The van der Waals surface area contributed by atoms with Crippen molar-refractivity contribution in [1.82, 2.24) is 10.2 Å². The molecule has 1 heterocycles. The van der Waals surface area contributed by atoms with Crippen LogP contribution in [0.1, 0.15) is 6.92 Å². The molecule has 2 aromatic carbocycles. The average Bonchev–Trinajstić information content (AvgIpc) is 2.77. The van der Waals surface area contributed by atoms with Gasteiger partial charge in [-0.1, -0.05) is 23.2 Å². The van der Waals surface area contributed by atoms with Crippen molar-refractivity contribution >= 4 is 44.8 Å². The fourth-order valence-electron chi connectivity index (χ4n) is 3.34. The van der Waals surface area contributed by atoms with Crippen LogP contribution in [0.5, 0.6) is 0 Å². The molecule has 0 aromatic heterocycles. The zero-order chi connectivity index (χ0) is 23.3. The third-order valence-electron chi connectivity index (χ3n) is 5.08. The molecule has 1 fully saturated rings. The predicted molar refractivity (Wildman–Crippen MR) is 122 cm³/mol. The fourth-order valence-corrected chi connectivity index (χ4v) is 5.25. The van der Waals surface area contributed by atoms with E-state index >= 15 is 0 Å². The monoisotopic (exact) mass is 503 g/mol.